The number of hydrogen-bond donors (Lipinski definition) is 2. The first-order chi connectivity index (χ1) is 14.6. The van der Waals surface area contributed by atoms with Gasteiger partial charge in [-0.1, -0.05) is 12.1 Å². The van der Waals surface area contributed by atoms with Gasteiger partial charge in [0.2, 0.25) is 0 Å². The normalized spacial score (nSPS) is 16.2. The van der Waals surface area contributed by atoms with Crippen LogP contribution < -0.4 is 15.4 Å². The minimum absolute atomic E-state index is 0.0721. The predicted molar refractivity (Wildman–Crippen MR) is 114 cm³/mol. The van der Waals surface area contributed by atoms with Gasteiger partial charge >= 0.3 is 0 Å². The fraction of sp³-hybridized carbons (Fsp3) is 0.391. The van der Waals surface area contributed by atoms with E-state index in [9.17, 15) is 4.39 Å². The Balaban J connectivity index is 1.70. The van der Waals surface area contributed by atoms with E-state index in [0.717, 1.165) is 29.9 Å². The molecule has 2 N–H and O–H groups in total. The third-order valence-corrected chi connectivity index (χ3v) is 4.78. The second-order valence-electron chi connectivity index (χ2n) is 7.18. The first-order valence-corrected chi connectivity index (χ1v) is 10.1. The summed E-state index contributed by atoms with van der Waals surface area (Å²) in [6, 6.07) is 12.4. The van der Waals surface area contributed by atoms with Crippen LogP contribution in [0.1, 0.15) is 35.6 Å². The van der Waals surface area contributed by atoms with Gasteiger partial charge in [-0.2, -0.15) is 5.26 Å². The summed E-state index contributed by atoms with van der Waals surface area (Å²) in [5, 5.41) is 15.5. The van der Waals surface area contributed by atoms with Crippen molar-refractivity contribution in [2.24, 2.45) is 4.99 Å². The summed E-state index contributed by atoms with van der Waals surface area (Å²) in [5.41, 5.74) is 2.93. The molecule has 1 unspecified atom stereocenters. The highest BCUT2D eigenvalue weighted by atomic mass is 19.1. The Morgan fingerprint density at radius 2 is 2.13 bits per heavy atom. The van der Waals surface area contributed by atoms with E-state index in [2.05, 4.69) is 15.6 Å². The van der Waals surface area contributed by atoms with Crippen molar-refractivity contribution in [3.8, 4) is 11.8 Å². The summed E-state index contributed by atoms with van der Waals surface area (Å²) >= 11 is 0. The number of nitrogens with one attached hydrogen (secondary N) is 2. The summed E-state index contributed by atoms with van der Waals surface area (Å²) in [7, 11) is 0. The molecule has 3 rings (SSSR count). The van der Waals surface area contributed by atoms with Crippen molar-refractivity contribution in [2.75, 3.05) is 19.8 Å². The largest absolute Gasteiger partial charge is 0.488 e. The Labute approximate surface area is 176 Å². The second-order valence-corrected chi connectivity index (χ2v) is 7.18. The molecule has 1 aliphatic rings. The van der Waals surface area contributed by atoms with E-state index in [4.69, 9.17) is 14.7 Å². The Kier molecular flexibility index (Phi) is 7.63. The summed E-state index contributed by atoms with van der Waals surface area (Å²) in [4.78, 5) is 4.47. The average molecular weight is 410 g/mol. The molecule has 0 spiro atoms. The first-order valence-electron chi connectivity index (χ1n) is 10.1. The maximum Gasteiger partial charge on any atom is 0.191 e. The van der Waals surface area contributed by atoms with Crippen molar-refractivity contribution >= 4 is 5.96 Å². The third-order valence-electron chi connectivity index (χ3n) is 4.78. The average Bonchev–Trinajstić information content (AvgIpc) is 3.25. The highest BCUT2D eigenvalue weighted by molar-refractivity contribution is 5.79. The molecule has 1 aliphatic heterocycles. The van der Waals surface area contributed by atoms with Crippen LogP contribution in [0.25, 0.3) is 0 Å². The Morgan fingerprint density at radius 1 is 1.27 bits per heavy atom. The lowest BCUT2D eigenvalue weighted by atomic mass is 10.1. The smallest absolute Gasteiger partial charge is 0.191 e. The minimum Gasteiger partial charge on any atom is -0.488 e. The van der Waals surface area contributed by atoms with Crippen LogP contribution in [0.5, 0.6) is 5.75 Å². The molecule has 0 aromatic heterocycles. The summed E-state index contributed by atoms with van der Waals surface area (Å²) in [6.07, 6.45) is 0.959. The monoisotopic (exact) mass is 410 g/mol. The quantitative estimate of drug-likeness (QED) is 0.540. The van der Waals surface area contributed by atoms with E-state index in [1.165, 1.54) is 18.2 Å². The van der Waals surface area contributed by atoms with Gasteiger partial charge in [0.05, 0.1) is 31.4 Å². The van der Waals surface area contributed by atoms with Crippen LogP contribution in [0, 0.1) is 24.1 Å². The third kappa shape index (κ3) is 5.94. The zero-order valence-electron chi connectivity index (χ0n) is 17.4. The molecule has 0 aliphatic carbocycles. The van der Waals surface area contributed by atoms with Gasteiger partial charge in [0.25, 0.3) is 0 Å². The number of aryl methyl sites for hydroxylation is 1. The number of hydrogen-bond acceptors (Lipinski definition) is 4. The number of nitriles is 1. The van der Waals surface area contributed by atoms with Crippen molar-refractivity contribution in [1.29, 1.82) is 5.26 Å². The lowest BCUT2D eigenvalue weighted by molar-refractivity contribution is 0.140. The van der Waals surface area contributed by atoms with Gasteiger partial charge in [0.1, 0.15) is 17.7 Å². The molecule has 1 atom stereocenters. The second kappa shape index (κ2) is 10.6. The summed E-state index contributed by atoms with van der Waals surface area (Å²) < 4.78 is 25.6. The van der Waals surface area contributed by atoms with E-state index >= 15 is 0 Å². The number of ether oxygens (including phenoxy) is 2. The highest BCUT2D eigenvalue weighted by Gasteiger charge is 2.18. The molecule has 1 heterocycles. The molecular formula is C23H27FN4O2. The van der Waals surface area contributed by atoms with Crippen molar-refractivity contribution in [1.82, 2.24) is 10.6 Å². The van der Waals surface area contributed by atoms with Crippen LogP contribution in [0.2, 0.25) is 0 Å². The lowest BCUT2D eigenvalue weighted by Gasteiger charge is -2.18. The number of aliphatic imine (C=N–C) groups is 1. The van der Waals surface area contributed by atoms with Gasteiger partial charge in [0.15, 0.2) is 5.96 Å². The van der Waals surface area contributed by atoms with Gasteiger partial charge in [0, 0.05) is 30.6 Å². The molecule has 158 valence electrons. The Morgan fingerprint density at radius 3 is 2.87 bits per heavy atom. The lowest BCUT2D eigenvalue weighted by Crippen LogP contribution is -2.37. The molecule has 2 aromatic rings. The van der Waals surface area contributed by atoms with Gasteiger partial charge in [-0.05, 0) is 43.7 Å². The summed E-state index contributed by atoms with van der Waals surface area (Å²) in [5.74, 6) is 1.03. The van der Waals surface area contributed by atoms with Gasteiger partial charge in [-0.3, -0.25) is 0 Å². The maximum absolute atomic E-state index is 14.0. The molecule has 7 heteroatoms. The summed E-state index contributed by atoms with van der Waals surface area (Å²) in [6.45, 7) is 6.65. The standard InChI is InChI=1S/C23H27FN4O2/c1-3-26-23(28-14-19-11-17(12-25)5-7-21(19)24)27-13-18-6-4-16(2)10-22(18)30-20-8-9-29-15-20/h4-7,10-11,20H,3,8-9,13-15H2,1-2H3,(H2,26,27,28). The molecular weight excluding hydrogens is 383 g/mol. The van der Waals surface area contributed by atoms with Gasteiger partial charge in [-0.25, -0.2) is 9.38 Å². The van der Waals surface area contributed by atoms with Crippen molar-refractivity contribution in [3.63, 3.8) is 0 Å². The van der Waals surface area contributed by atoms with Crippen LogP contribution in [-0.2, 0) is 17.8 Å². The van der Waals surface area contributed by atoms with Crippen molar-refractivity contribution < 1.29 is 13.9 Å². The van der Waals surface area contributed by atoms with Crippen molar-refractivity contribution in [3.05, 3.63) is 64.5 Å². The van der Waals surface area contributed by atoms with Crippen LogP contribution in [0.15, 0.2) is 41.4 Å². The number of rotatable bonds is 7. The first kappa shape index (κ1) is 21.6. The van der Waals surface area contributed by atoms with Crippen LogP contribution in [-0.4, -0.2) is 31.8 Å². The van der Waals surface area contributed by atoms with Gasteiger partial charge < -0.3 is 20.1 Å². The zero-order valence-corrected chi connectivity index (χ0v) is 17.4. The zero-order chi connectivity index (χ0) is 21.3. The fourth-order valence-electron chi connectivity index (χ4n) is 3.15. The molecule has 0 radical (unpaired) electrons. The molecule has 1 fully saturated rings. The molecule has 2 aromatic carbocycles. The van der Waals surface area contributed by atoms with E-state index in [-0.39, 0.29) is 18.5 Å². The molecule has 0 bridgehead atoms. The van der Waals surface area contributed by atoms with E-state index in [1.807, 2.05) is 38.1 Å². The van der Waals surface area contributed by atoms with Crippen LogP contribution in [0.4, 0.5) is 4.39 Å². The highest BCUT2D eigenvalue weighted by Crippen LogP contribution is 2.23. The maximum atomic E-state index is 14.0. The van der Waals surface area contributed by atoms with Crippen LogP contribution in [0.3, 0.4) is 0 Å². The van der Waals surface area contributed by atoms with Crippen LogP contribution >= 0.6 is 0 Å². The Bertz CT molecular complexity index is 933. The number of benzene rings is 2. The van der Waals surface area contributed by atoms with E-state index in [0.29, 0.717) is 36.8 Å². The molecule has 1 saturated heterocycles. The number of halogens is 1. The van der Waals surface area contributed by atoms with Gasteiger partial charge in [-0.15, -0.1) is 0 Å². The van der Waals surface area contributed by atoms with Crippen molar-refractivity contribution in [2.45, 2.75) is 39.5 Å². The fourth-order valence-corrected chi connectivity index (χ4v) is 3.15. The molecule has 0 saturated carbocycles. The number of nitrogens with zero attached hydrogens (tertiary/aromatic N) is 2. The SMILES string of the molecule is CCNC(=NCc1cc(C#N)ccc1F)NCc1ccc(C)cc1OC1CCOC1. The molecule has 0 amide bonds. The number of guanidine groups is 1. The topological polar surface area (TPSA) is 78.7 Å². The van der Waals surface area contributed by atoms with E-state index in [1.54, 1.807) is 0 Å². The van der Waals surface area contributed by atoms with E-state index < -0.39 is 0 Å². The molecule has 6 nitrogen and oxygen atoms in total. The minimum atomic E-state index is -0.374. The Hall–Kier alpha value is -3.11. The molecule has 30 heavy (non-hydrogen) atoms. The predicted octanol–water partition coefficient (Wildman–Crippen LogP) is 3.43.